The van der Waals surface area contributed by atoms with Crippen molar-refractivity contribution in [2.45, 2.75) is 82.1 Å². The highest BCUT2D eigenvalue weighted by molar-refractivity contribution is 5.66. The Bertz CT molecular complexity index is 822. The molecule has 182 valence electrons. The number of benzene rings is 1. The van der Waals surface area contributed by atoms with E-state index in [1.807, 2.05) is 31.2 Å². The predicted molar refractivity (Wildman–Crippen MR) is 124 cm³/mol. The molecule has 4 nitrogen and oxygen atoms in total. The van der Waals surface area contributed by atoms with E-state index in [4.69, 9.17) is 9.84 Å². The lowest BCUT2D eigenvalue weighted by Gasteiger charge is -2.38. The number of aliphatic carboxylic acids is 1. The van der Waals surface area contributed by atoms with Crippen LogP contribution >= 0.6 is 0 Å². The molecule has 6 heteroatoms. The molecule has 2 bridgehead atoms. The standard InChI is InChI=1S/C27H36F2O4/c1-2-3-9-23(29)24(30)16-15-21-22(8-6-4-5-7-10-26(31)32)27(17-25(21)33-18-27)19-11-13-20(28)14-12-19/h4,6,11-16,21-25,30H,2-3,5,7-10,17-18H2,1H3,(H,31,32)/t21-,22-,23?,24-,25-,27-/m0/s1. The van der Waals surface area contributed by atoms with Gasteiger partial charge in [0.05, 0.1) is 12.7 Å². The van der Waals surface area contributed by atoms with Gasteiger partial charge in [-0.05, 0) is 55.7 Å². The summed E-state index contributed by atoms with van der Waals surface area (Å²) in [6, 6.07) is 6.61. The van der Waals surface area contributed by atoms with Crippen LogP contribution in [0.25, 0.3) is 0 Å². The SMILES string of the molecule is CCCCC(F)[C@@H](O)C=C[C@@H]1[C@@H]2C[C@@](c3ccc(F)cc3)(CO2)[C@H]1CC=CCCCC(=O)O. The maximum atomic E-state index is 14.3. The number of carbonyl (C=O) groups is 1. The molecular formula is C27H36F2O4. The Hall–Kier alpha value is -2.05. The number of carboxylic acids is 1. The van der Waals surface area contributed by atoms with Crippen LogP contribution in [0.2, 0.25) is 0 Å². The Labute approximate surface area is 195 Å². The number of rotatable bonds is 13. The summed E-state index contributed by atoms with van der Waals surface area (Å²) in [6.07, 6.45) is 10.1. The number of ether oxygens (including phenoxy) is 1. The van der Waals surface area contributed by atoms with E-state index in [2.05, 4.69) is 6.08 Å². The highest BCUT2D eigenvalue weighted by atomic mass is 19.1. The Kier molecular flexibility index (Phi) is 9.21. The summed E-state index contributed by atoms with van der Waals surface area (Å²) in [4.78, 5) is 10.7. The Morgan fingerprint density at radius 2 is 2.03 bits per heavy atom. The van der Waals surface area contributed by atoms with E-state index in [0.29, 0.717) is 25.9 Å². The summed E-state index contributed by atoms with van der Waals surface area (Å²) in [6.45, 7) is 2.55. The van der Waals surface area contributed by atoms with Crippen molar-refractivity contribution in [1.82, 2.24) is 0 Å². The minimum Gasteiger partial charge on any atom is -0.481 e. The van der Waals surface area contributed by atoms with Gasteiger partial charge in [-0.15, -0.1) is 0 Å². The van der Waals surface area contributed by atoms with Gasteiger partial charge < -0.3 is 14.9 Å². The maximum Gasteiger partial charge on any atom is 0.303 e. The first-order chi connectivity index (χ1) is 15.9. The first-order valence-corrected chi connectivity index (χ1v) is 12.1. The summed E-state index contributed by atoms with van der Waals surface area (Å²) in [5.74, 6) is -0.896. The Morgan fingerprint density at radius 3 is 2.73 bits per heavy atom. The number of alkyl halides is 1. The Morgan fingerprint density at radius 1 is 1.27 bits per heavy atom. The molecule has 2 N–H and O–H groups in total. The lowest BCUT2D eigenvalue weighted by molar-refractivity contribution is -0.137. The van der Waals surface area contributed by atoms with Crippen molar-refractivity contribution in [3.63, 3.8) is 0 Å². The second-order valence-corrected chi connectivity index (χ2v) is 9.43. The molecule has 1 heterocycles. The highest BCUT2D eigenvalue weighted by Crippen LogP contribution is 2.57. The van der Waals surface area contributed by atoms with Crippen molar-refractivity contribution in [2.75, 3.05) is 6.61 Å². The zero-order valence-electron chi connectivity index (χ0n) is 19.3. The zero-order chi connectivity index (χ0) is 23.8. The summed E-state index contributed by atoms with van der Waals surface area (Å²) in [7, 11) is 0. The largest absolute Gasteiger partial charge is 0.481 e. The number of aliphatic hydroxyl groups is 1. The number of fused-ring (bicyclic) bond motifs is 2. The van der Waals surface area contributed by atoms with Gasteiger partial charge in [0.1, 0.15) is 18.1 Å². The third-order valence-electron chi connectivity index (χ3n) is 7.20. The first-order valence-electron chi connectivity index (χ1n) is 12.1. The van der Waals surface area contributed by atoms with E-state index >= 15 is 0 Å². The number of hydrogen-bond donors (Lipinski definition) is 2. The van der Waals surface area contributed by atoms with Gasteiger partial charge in [-0.25, -0.2) is 8.78 Å². The van der Waals surface area contributed by atoms with Crippen molar-refractivity contribution >= 4 is 5.97 Å². The molecule has 1 aliphatic carbocycles. The molecule has 6 atom stereocenters. The van der Waals surface area contributed by atoms with Crippen LogP contribution in [0.3, 0.4) is 0 Å². The molecule has 0 amide bonds. The van der Waals surface area contributed by atoms with Crippen LogP contribution in [-0.4, -0.2) is 41.2 Å². The van der Waals surface area contributed by atoms with Gasteiger partial charge in [-0.2, -0.15) is 0 Å². The monoisotopic (exact) mass is 462 g/mol. The van der Waals surface area contributed by atoms with Gasteiger partial charge in [-0.3, -0.25) is 4.79 Å². The molecule has 1 unspecified atom stereocenters. The number of aliphatic hydroxyl groups excluding tert-OH is 1. The van der Waals surface area contributed by atoms with E-state index in [-0.39, 0.29) is 35.6 Å². The third-order valence-corrected chi connectivity index (χ3v) is 7.20. The molecule has 2 fully saturated rings. The lowest BCUT2D eigenvalue weighted by atomic mass is 9.69. The molecule has 1 aliphatic heterocycles. The summed E-state index contributed by atoms with van der Waals surface area (Å²) in [5.41, 5.74) is 0.777. The van der Waals surface area contributed by atoms with Crippen LogP contribution in [0, 0.1) is 17.7 Å². The topological polar surface area (TPSA) is 66.8 Å². The summed E-state index contributed by atoms with van der Waals surface area (Å²) < 4.78 is 34.0. The first kappa shape index (κ1) is 25.6. The molecule has 0 radical (unpaired) electrons. The van der Waals surface area contributed by atoms with Crippen LogP contribution in [0.4, 0.5) is 8.78 Å². The van der Waals surface area contributed by atoms with Gasteiger partial charge in [0.2, 0.25) is 0 Å². The average Bonchev–Trinajstić information content (AvgIpc) is 3.36. The molecule has 33 heavy (non-hydrogen) atoms. The number of halogens is 2. The zero-order valence-corrected chi connectivity index (χ0v) is 19.3. The molecule has 0 spiro atoms. The van der Waals surface area contributed by atoms with Gasteiger partial charge in [0, 0.05) is 17.8 Å². The molecule has 3 rings (SSSR count). The second-order valence-electron chi connectivity index (χ2n) is 9.43. The van der Waals surface area contributed by atoms with E-state index in [1.54, 1.807) is 6.08 Å². The number of carboxylic acid groups (broad SMARTS) is 1. The molecule has 1 aromatic rings. The van der Waals surface area contributed by atoms with Crippen LogP contribution < -0.4 is 0 Å². The van der Waals surface area contributed by atoms with Crippen LogP contribution in [0.1, 0.15) is 63.9 Å². The normalized spacial score (nSPS) is 28.7. The van der Waals surface area contributed by atoms with Crippen molar-refractivity contribution < 1.29 is 28.5 Å². The highest BCUT2D eigenvalue weighted by Gasteiger charge is 2.58. The van der Waals surface area contributed by atoms with Crippen molar-refractivity contribution in [3.8, 4) is 0 Å². The molecular weight excluding hydrogens is 426 g/mol. The number of unbranched alkanes of at least 4 members (excludes halogenated alkanes) is 2. The molecule has 1 saturated heterocycles. The third kappa shape index (κ3) is 6.30. The van der Waals surface area contributed by atoms with Crippen molar-refractivity contribution in [1.29, 1.82) is 0 Å². The van der Waals surface area contributed by atoms with Gasteiger partial charge in [0.25, 0.3) is 0 Å². The fourth-order valence-electron chi connectivity index (χ4n) is 5.37. The summed E-state index contributed by atoms with van der Waals surface area (Å²) in [5, 5.41) is 19.1. The molecule has 1 saturated carbocycles. The quantitative estimate of drug-likeness (QED) is 0.290. The van der Waals surface area contributed by atoms with Crippen LogP contribution in [0.5, 0.6) is 0 Å². The van der Waals surface area contributed by atoms with Gasteiger partial charge >= 0.3 is 5.97 Å². The van der Waals surface area contributed by atoms with Crippen molar-refractivity contribution in [3.05, 3.63) is 60.0 Å². The molecule has 1 aromatic carbocycles. The van der Waals surface area contributed by atoms with Gasteiger partial charge in [0.15, 0.2) is 0 Å². The van der Waals surface area contributed by atoms with E-state index in [9.17, 15) is 18.7 Å². The van der Waals surface area contributed by atoms with Crippen LogP contribution in [-0.2, 0) is 14.9 Å². The van der Waals surface area contributed by atoms with Crippen molar-refractivity contribution in [2.24, 2.45) is 11.8 Å². The lowest BCUT2D eigenvalue weighted by Crippen LogP contribution is -2.39. The fraction of sp³-hybridized carbons (Fsp3) is 0.593. The Balaban J connectivity index is 1.76. The predicted octanol–water partition coefficient (Wildman–Crippen LogP) is 5.75. The summed E-state index contributed by atoms with van der Waals surface area (Å²) >= 11 is 0. The van der Waals surface area contributed by atoms with Crippen LogP contribution in [0.15, 0.2) is 48.6 Å². The number of hydrogen-bond acceptors (Lipinski definition) is 3. The molecule has 0 aromatic heterocycles. The molecule has 2 aliphatic rings. The van der Waals surface area contributed by atoms with E-state index < -0.39 is 18.2 Å². The van der Waals surface area contributed by atoms with E-state index in [1.165, 1.54) is 12.1 Å². The van der Waals surface area contributed by atoms with E-state index in [0.717, 1.165) is 31.2 Å². The second kappa shape index (κ2) is 11.9. The number of allylic oxidation sites excluding steroid dienone is 2. The fourth-order valence-corrected chi connectivity index (χ4v) is 5.37. The van der Waals surface area contributed by atoms with Gasteiger partial charge in [-0.1, -0.05) is 56.2 Å². The minimum atomic E-state index is -1.28. The smallest absolute Gasteiger partial charge is 0.303 e. The minimum absolute atomic E-state index is 0.0143. The maximum absolute atomic E-state index is 14.3. The average molecular weight is 463 g/mol.